The van der Waals surface area contributed by atoms with Gasteiger partial charge in [0.25, 0.3) is 6.43 Å². The van der Waals surface area contributed by atoms with Crippen LogP contribution in [0.5, 0.6) is 0 Å². The molecule has 1 rings (SSSR count). The number of hydrogen-bond donors (Lipinski definition) is 2. The van der Waals surface area contributed by atoms with Crippen molar-refractivity contribution in [1.29, 1.82) is 0 Å². The van der Waals surface area contributed by atoms with Crippen LogP contribution in [0.4, 0.5) is 8.78 Å². The van der Waals surface area contributed by atoms with Crippen LogP contribution in [0.25, 0.3) is 0 Å². The van der Waals surface area contributed by atoms with Crippen molar-refractivity contribution >= 4 is 10.0 Å². The standard InChI is InChI=1S/C13H16F2N2O3S/c14-13(15)10-17(7-8-18)21(19,20)12-5-1-3-11(9-12)4-2-6-16/h1,3,5,9,13,18H,6-8,10,16H2. The first-order valence-corrected chi connectivity index (χ1v) is 7.54. The van der Waals surface area contributed by atoms with E-state index in [9.17, 15) is 17.2 Å². The molecule has 3 N–H and O–H groups in total. The van der Waals surface area contributed by atoms with Crippen LogP contribution >= 0.6 is 0 Å². The lowest BCUT2D eigenvalue weighted by atomic mass is 10.2. The van der Waals surface area contributed by atoms with E-state index in [0.717, 1.165) is 0 Å². The number of alkyl halides is 2. The molecule has 0 aromatic heterocycles. The number of sulfonamides is 1. The monoisotopic (exact) mass is 318 g/mol. The molecule has 0 amide bonds. The van der Waals surface area contributed by atoms with Gasteiger partial charge < -0.3 is 10.8 Å². The number of aliphatic hydroxyl groups excluding tert-OH is 1. The van der Waals surface area contributed by atoms with E-state index in [4.69, 9.17) is 10.8 Å². The third-order valence-electron chi connectivity index (χ3n) is 2.50. The van der Waals surface area contributed by atoms with Crippen LogP contribution in [0.15, 0.2) is 29.2 Å². The summed E-state index contributed by atoms with van der Waals surface area (Å²) in [6, 6.07) is 5.63. The topological polar surface area (TPSA) is 83.6 Å². The Morgan fingerprint density at radius 3 is 2.67 bits per heavy atom. The smallest absolute Gasteiger partial charge is 0.252 e. The minimum absolute atomic E-state index is 0.124. The quantitative estimate of drug-likeness (QED) is 0.736. The van der Waals surface area contributed by atoms with Crippen molar-refractivity contribution in [2.24, 2.45) is 5.73 Å². The second-order valence-corrected chi connectivity index (χ2v) is 5.95. The van der Waals surface area contributed by atoms with Crippen molar-refractivity contribution in [2.45, 2.75) is 11.3 Å². The zero-order valence-electron chi connectivity index (χ0n) is 11.2. The maximum absolute atomic E-state index is 12.5. The van der Waals surface area contributed by atoms with E-state index < -0.39 is 36.1 Å². The van der Waals surface area contributed by atoms with Gasteiger partial charge in [-0.15, -0.1) is 0 Å². The fraction of sp³-hybridized carbons (Fsp3) is 0.385. The van der Waals surface area contributed by atoms with Crippen LogP contribution in [0.3, 0.4) is 0 Å². The summed E-state index contributed by atoms with van der Waals surface area (Å²) in [5.41, 5.74) is 5.65. The van der Waals surface area contributed by atoms with E-state index in [2.05, 4.69) is 11.8 Å². The van der Waals surface area contributed by atoms with E-state index in [1.54, 1.807) is 6.07 Å². The Balaban J connectivity index is 3.15. The van der Waals surface area contributed by atoms with Crippen LogP contribution in [0.1, 0.15) is 5.56 Å². The molecule has 0 fully saturated rings. The first-order valence-electron chi connectivity index (χ1n) is 6.10. The number of benzene rings is 1. The largest absolute Gasteiger partial charge is 0.395 e. The lowest BCUT2D eigenvalue weighted by Gasteiger charge is -2.20. The van der Waals surface area contributed by atoms with E-state index >= 15 is 0 Å². The Labute approximate surface area is 122 Å². The molecule has 0 aliphatic carbocycles. The molecule has 116 valence electrons. The third-order valence-corrected chi connectivity index (χ3v) is 4.36. The molecule has 21 heavy (non-hydrogen) atoms. The van der Waals surface area contributed by atoms with Gasteiger partial charge in [0.2, 0.25) is 10.0 Å². The number of nitrogens with zero attached hydrogens (tertiary/aromatic N) is 1. The molecule has 0 saturated carbocycles. The molecule has 8 heteroatoms. The molecule has 0 unspecified atom stereocenters. The molecule has 0 radical (unpaired) electrons. The van der Waals surface area contributed by atoms with E-state index in [-0.39, 0.29) is 11.4 Å². The maximum Gasteiger partial charge on any atom is 0.252 e. The molecule has 0 heterocycles. The summed E-state index contributed by atoms with van der Waals surface area (Å²) in [5.74, 6) is 5.25. The Morgan fingerprint density at radius 1 is 1.38 bits per heavy atom. The van der Waals surface area contributed by atoms with Crippen molar-refractivity contribution in [3.05, 3.63) is 29.8 Å². The molecule has 0 atom stereocenters. The Kier molecular flexibility index (Phi) is 6.71. The van der Waals surface area contributed by atoms with E-state index in [1.165, 1.54) is 18.2 Å². The van der Waals surface area contributed by atoms with Gasteiger partial charge in [-0.1, -0.05) is 17.9 Å². The number of hydrogen-bond acceptors (Lipinski definition) is 4. The predicted octanol–water partition coefficient (Wildman–Crippen LogP) is 0.245. The highest BCUT2D eigenvalue weighted by molar-refractivity contribution is 7.89. The molecule has 0 spiro atoms. The maximum atomic E-state index is 12.5. The molecule has 0 aliphatic heterocycles. The number of nitrogens with two attached hydrogens (primary N) is 1. The summed E-state index contributed by atoms with van der Waals surface area (Å²) >= 11 is 0. The summed E-state index contributed by atoms with van der Waals surface area (Å²) in [7, 11) is -4.11. The van der Waals surface area contributed by atoms with Gasteiger partial charge in [0, 0.05) is 12.1 Å². The van der Waals surface area contributed by atoms with Crippen molar-refractivity contribution in [3.63, 3.8) is 0 Å². The zero-order valence-corrected chi connectivity index (χ0v) is 12.0. The van der Waals surface area contributed by atoms with Gasteiger partial charge in [-0.2, -0.15) is 4.31 Å². The van der Waals surface area contributed by atoms with E-state index in [1.807, 2.05) is 0 Å². The summed E-state index contributed by atoms with van der Waals surface area (Å²) < 4.78 is 50.1. The van der Waals surface area contributed by atoms with Gasteiger partial charge in [-0.05, 0) is 18.2 Å². The predicted molar refractivity (Wildman–Crippen MR) is 74.2 cm³/mol. The first kappa shape index (κ1) is 17.5. The van der Waals surface area contributed by atoms with Crippen LogP contribution in [-0.4, -0.2) is 50.5 Å². The molecule has 1 aromatic carbocycles. The number of aliphatic hydroxyl groups is 1. The van der Waals surface area contributed by atoms with Gasteiger partial charge in [0.05, 0.1) is 24.6 Å². The van der Waals surface area contributed by atoms with Crippen molar-refractivity contribution in [3.8, 4) is 11.8 Å². The Bertz CT molecular complexity index is 624. The van der Waals surface area contributed by atoms with Crippen molar-refractivity contribution in [2.75, 3.05) is 26.2 Å². The summed E-state index contributed by atoms with van der Waals surface area (Å²) in [6.07, 6.45) is -2.83. The number of halogens is 2. The summed E-state index contributed by atoms with van der Waals surface area (Å²) in [5, 5.41) is 8.84. The average molecular weight is 318 g/mol. The number of rotatable bonds is 6. The normalized spacial score (nSPS) is 11.5. The molecule has 5 nitrogen and oxygen atoms in total. The third kappa shape index (κ3) is 5.06. The summed E-state index contributed by atoms with van der Waals surface area (Å²) in [6.45, 7) is -1.79. The Hall–Kier alpha value is -1.53. The van der Waals surface area contributed by atoms with Crippen LogP contribution in [-0.2, 0) is 10.0 Å². The molecule has 1 aromatic rings. The van der Waals surface area contributed by atoms with Gasteiger partial charge in [0.1, 0.15) is 0 Å². The minimum atomic E-state index is -4.11. The fourth-order valence-electron chi connectivity index (χ4n) is 1.61. The molecule has 0 saturated heterocycles. The highest BCUT2D eigenvalue weighted by Crippen LogP contribution is 2.17. The van der Waals surface area contributed by atoms with Gasteiger partial charge in [0.15, 0.2) is 0 Å². The van der Waals surface area contributed by atoms with Crippen LogP contribution in [0.2, 0.25) is 0 Å². The zero-order chi connectivity index (χ0) is 15.9. The highest BCUT2D eigenvalue weighted by atomic mass is 32.2. The average Bonchev–Trinajstić information content (AvgIpc) is 2.44. The van der Waals surface area contributed by atoms with Crippen molar-refractivity contribution in [1.82, 2.24) is 4.31 Å². The van der Waals surface area contributed by atoms with Gasteiger partial charge in [-0.25, -0.2) is 17.2 Å². The van der Waals surface area contributed by atoms with Crippen molar-refractivity contribution < 1.29 is 22.3 Å². The second-order valence-electron chi connectivity index (χ2n) is 4.01. The molecular formula is C13H16F2N2O3S. The second kappa shape index (κ2) is 8.05. The van der Waals surface area contributed by atoms with Crippen LogP contribution in [0, 0.1) is 11.8 Å². The molecule has 0 aliphatic rings. The first-order chi connectivity index (χ1) is 9.91. The van der Waals surface area contributed by atoms with E-state index in [0.29, 0.717) is 9.87 Å². The lowest BCUT2D eigenvalue weighted by molar-refractivity contribution is 0.113. The van der Waals surface area contributed by atoms with Gasteiger partial charge >= 0.3 is 0 Å². The fourth-order valence-corrected chi connectivity index (χ4v) is 3.07. The summed E-state index contributed by atoms with van der Waals surface area (Å²) in [4.78, 5) is -0.152. The lowest BCUT2D eigenvalue weighted by Crippen LogP contribution is -2.37. The molecular weight excluding hydrogens is 302 g/mol. The Morgan fingerprint density at radius 2 is 2.10 bits per heavy atom. The SMILES string of the molecule is NCC#Cc1cccc(S(=O)(=O)N(CCO)CC(F)F)c1. The van der Waals surface area contributed by atoms with Gasteiger partial charge in [-0.3, -0.25) is 0 Å². The molecule has 0 bridgehead atoms. The highest BCUT2D eigenvalue weighted by Gasteiger charge is 2.26. The minimum Gasteiger partial charge on any atom is -0.395 e. The van der Waals surface area contributed by atoms with Crippen LogP contribution < -0.4 is 5.73 Å².